The zero-order chi connectivity index (χ0) is 18.3. The van der Waals surface area contributed by atoms with E-state index in [-0.39, 0.29) is 28.8 Å². The van der Waals surface area contributed by atoms with Crippen LogP contribution in [0, 0.1) is 5.92 Å². The van der Waals surface area contributed by atoms with Gasteiger partial charge in [-0.1, -0.05) is 26.0 Å². The minimum absolute atomic E-state index is 0.0174. The first kappa shape index (κ1) is 19.9. The molecule has 0 spiro atoms. The Kier molecular flexibility index (Phi) is 7.18. The third kappa shape index (κ3) is 6.55. The molecule has 3 amide bonds. The van der Waals surface area contributed by atoms with Gasteiger partial charge >= 0.3 is 6.03 Å². The predicted octanol–water partition coefficient (Wildman–Crippen LogP) is 0.466. The lowest BCUT2D eigenvalue weighted by atomic mass is 10.1. The number of hydrogen-bond donors (Lipinski definition) is 4. The predicted molar refractivity (Wildman–Crippen MR) is 90.6 cm³/mol. The van der Waals surface area contributed by atoms with Gasteiger partial charge in [-0.3, -0.25) is 4.79 Å². The van der Waals surface area contributed by atoms with E-state index in [1.165, 1.54) is 12.1 Å². The van der Waals surface area contributed by atoms with E-state index < -0.39 is 10.0 Å². The molecule has 0 aromatic heterocycles. The van der Waals surface area contributed by atoms with Crippen molar-refractivity contribution in [3.05, 3.63) is 29.8 Å². The van der Waals surface area contributed by atoms with Gasteiger partial charge in [0.25, 0.3) is 0 Å². The maximum atomic E-state index is 11.8. The molecule has 0 aliphatic rings. The quantitative estimate of drug-likeness (QED) is 0.529. The second kappa shape index (κ2) is 8.65. The summed E-state index contributed by atoms with van der Waals surface area (Å²) in [6, 6.07) is 5.27. The Morgan fingerprint density at radius 2 is 1.58 bits per heavy atom. The lowest BCUT2D eigenvalue weighted by Gasteiger charge is -2.15. The number of hydrogen-bond acceptors (Lipinski definition) is 4. The van der Waals surface area contributed by atoms with Crippen LogP contribution in [0.25, 0.3) is 0 Å². The van der Waals surface area contributed by atoms with Gasteiger partial charge in [0.2, 0.25) is 15.9 Å². The molecule has 1 unspecified atom stereocenters. The molecule has 9 heteroatoms. The third-order valence-electron chi connectivity index (χ3n) is 3.29. The minimum Gasteiger partial charge on any atom is -0.354 e. The molecule has 8 nitrogen and oxygen atoms in total. The van der Waals surface area contributed by atoms with Gasteiger partial charge in [-0.2, -0.15) is 0 Å². The van der Waals surface area contributed by atoms with Gasteiger partial charge in [-0.05, 0) is 24.6 Å². The highest BCUT2D eigenvalue weighted by atomic mass is 32.2. The van der Waals surface area contributed by atoms with Crippen molar-refractivity contribution in [2.24, 2.45) is 11.1 Å². The summed E-state index contributed by atoms with van der Waals surface area (Å²) >= 11 is 0. The van der Waals surface area contributed by atoms with Crippen LogP contribution < -0.4 is 21.1 Å². The number of amides is 3. The highest BCUT2D eigenvalue weighted by Crippen LogP contribution is 2.15. The molecular formula is C15H24N4O4S. The lowest BCUT2D eigenvalue weighted by Crippen LogP contribution is -2.41. The van der Waals surface area contributed by atoms with E-state index in [9.17, 15) is 18.0 Å². The first-order valence-electron chi connectivity index (χ1n) is 7.56. The van der Waals surface area contributed by atoms with Gasteiger partial charge in [0, 0.05) is 19.0 Å². The van der Waals surface area contributed by atoms with Crippen molar-refractivity contribution < 1.29 is 18.0 Å². The molecule has 24 heavy (non-hydrogen) atoms. The molecule has 1 atom stereocenters. The van der Waals surface area contributed by atoms with Crippen molar-refractivity contribution in [2.75, 3.05) is 13.1 Å². The first-order valence-corrected chi connectivity index (χ1v) is 9.10. The molecule has 1 rings (SSSR count). The van der Waals surface area contributed by atoms with E-state index in [0.717, 1.165) is 5.56 Å². The fourth-order valence-electron chi connectivity index (χ4n) is 1.84. The van der Waals surface area contributed by atoms with Crippen molar-refractivity contribution in [3.8, 4) is 0 Å². The first-order chi connectivity index (χ1) is 11.1. The van der Waals surface area contributed by atoms with Crippen LogP contribution >= 0.6 is 0 Å². The summed E-state index contributed by atoms with van der Waals surface area (Å²) in [5, 5.41) is 13.1. The Morgan fingerprint density at radius 3 is 2.08 bits per heavy atom. The monoisotopic (exact) mass is 356 g/mol. The molecule has 0 saturated heterocycles. The summed E-state index contributed by atoms with van der Waals surface area (Å²) in [4.78, 5) is 23.2. The molecule has 0 aliphatic carbocycles. The van der Waals surface area contributed by atoms with Crippen LogP contribution in [0.2, 0.25) is 0 Å². The van der Waals surface area contributed by atoms with E-state index in [1.54, 1.807) is 32.9 Å². The van der Waals surface area contributed by atoms with Gasteiger partial charge in [0.05, 0.1) is 10.9 Å². The van der Waals surface area contributed by atoms with Crippen LogP contribution in [-0.2, 0) is 14.8 Å². The van der Waals surface area contributed by atoms with Crippen LogP contribution in [0.4, 0.5) is 4.79 Å². The number of nitrogens with one attached hydrogen (secondary N) is 3. The molecule has 1 aromatic rings. The van der Waals surface area contributed by atoms with Crippen LogP contribution in [0.1, 0.15) is 32.4 Å². The second-order valence-corrected chi connectivity index (χ2v) is 7.24. The zero-order valence-electron chi connectivity index (χ0n) is 14.0. The number of urea groups is 1. The number of sulfonamides is 1. The molecule has 0 fully saturated rings. The van der Waals surface area contributed by atoms with Gasteiger partial charge in [0.1, 0.15) is 0 Å². The maximum Gasteiger partial charge on any atom is 0.315 e. The Bertz CT molecular complexity index is 671. The number of benzene rings is 1. The highest BCUT2D eigenvalue weighted by Gasteiger charge is 2.12. The highest BCUT2D eigenvalue weighted by molar-refractivity contribution is 7.89. The minimum atomic E-state index is -3.73. The van der Waals surface area contributed by atoms with Crippen LogP contribution in [-0.4, -0.2) is 33.4 Å². The summed E-state index contributed by atoms with van der Waals surface area (Å²) in [6.07, 6.45) is 0. The summed E-state index contributed by atoms with van der Waals surface area (Å²) in [7, 11) is -3.73. The Labute approximate surface area is 142 Å². The van der Waals surface area contributed by atoms with Gasteiger partial charge < -0.3 is 16.0 Å². The molecule has 1 aromatic carbocycles. The molecule has 0 heterocycles. The maximum absolute atomic E-state index is 11.8. The normalized spacial score (nSPS) is 12.5. The van der Waals surface area contributed by atoms with Crippen molar-refractivity contribution in [1.82, 2.24) is 16.0 Å². The number of carbonyl (C=O) groups is 2. The van der Waals surface area contributed by atoms with Crippen molar-refractivity contribution in [3.63, 3.8) is 0 Å². The summed E-state index contributed by atoms with van der Waals surface area (Å²) < 4.78 is 22.4. The van der Waals surface area contributed by atoms with E-state index in [4.69, 9.17) is 5.14 Å². The molecule has 134 valence electrons. The lowest BCUT2D eigenvalue weighted by molar-refractivity contribution is -0.123. The molecule has 0 saturated carbocycles. The fraction of sp³-hybridized carbons (Fsp3) is 0.467. The number of nitrogens with two attached hydrogens (primary N) is 1. The van der Waals surface area contributed by atoms with Crippen molar-refractivity contribution in [1.29, 1.82) is 0 Å². The van der Waals surface area contributed by atoms with E-state index in [0.29, 0.717) is 13.1 Å². The van der Waals surface area contributed by atoms with Gasteiger partial charge in [-0.15, -0.1) is 0 Å². The summed E-state index contributed by atoms with van der Waals surface area (Å²) in [5.41, 5.74) is 0.741. The van der Waals surface area contributed by atoms with Gasteiger partial charge in [-0.25, -0.2) is 18.4 Å². The van der Waals surface area contributed by atoms with Crippen molar-refractivity contribution in [2.45, 2.75) is 31.7 Å². The molecular weight excluding hydrogens is 332 g/mol. The zero-order valence-corrected chi connectivity index (χ0v) is 14.8. The van der Waals surface area contributed by atoms with E-state index in [1.807, 2.05) is 0 Å². The van der Waals surface area contributed by atoms with Crippen LogP contribution in [0.5, 0.6) is 0 Å². The number of primary sulfonamides is 1. The van der Waals surface area contributed by atoms with Crippen LogP contribution in [0.15, 0.2) is 29.2 Å². The molecule has 0 bridgehead atoms. The average Bonchev–Trinajstić information content (AvgIpc) is 2.50. The van der Waals surface area contributed by atoms with Crippen LogP contribution in [0.3, 0.4) is 0 Å². The Morgan fingerprint density at radius 1 is 1.04 bits per heavy atom. The molecule has 0 aliphatic heterocycles. The fourth-order valence-corrected chi connectivity index (χ4v) is 2.36. The smallest absolute Gasteiger partial charge is 0.315 e. The van der Waals surface area contributed by atoms with E-state index in [2.05, 4.69) is 16.0 Å². The Hall–Kier alpha value is -2.13. The largest absolute Gasteiger partial charge is 0.354 e. The summed E-state index contributed by atoms with van der Waals surface area (Å²) in [5.74, 6) is -0.167. The number of carbonyl (C=O) groups excluding carboxylic acids is 2. The second-order valence-electron chi connectivity index (χ2n) is 5.68. The molecule has 0 radical (unpaired) electrons. The third-order valence-corrected chi connectivity index (χ3v) is 4.22. The van der Waals surface area contributed by atoms with Gasteiger partial charge in [0.15, 0.2) is 0 Å². The summed E-state index contributed by atoms with van der Waals surface area (Å²) in [6.45, 7) is 6.01. The van der Waals surface area contributed by atoms with E-state index >= 15 is 0 Å². The van der Waals surface area contributed by atoms with Crippen molar-refractivity contribution >= 4 is 22.0 Å². The average molecular weight is 356 g/mol. The standard InChI is InChI=1S/C15H24N4O4S/c1-10(2)14(20)17-8-9-18-15(21)19-11(3)12-4-6-13(7-5-12)24(16,22)23/h4-7,10-11H,8-9H2,1-3H3,(H,17,20)(H2,16,22,23)(H2,18,19,21). The molecule has 5 N–H and O–H groups in total. The number of rotatable bonds is 7. The Balaban J connectivity index is 2.43. The topological polar surface area (TPSA) is 130 Å². The SMILES string of the molecule is CC(C)C(=O)NCCNC(=O)NC(C)c1ccc(S(N)(=O)=O)cc1.